The van der Waals surface area contributed by atoms with Gasteiger partial charge in [0.2, 0.25) is 5.91 Å². The van der Waals surface area contributed by atoms with E-state index in [-0.39, 0.29) is 16.4 Å². The minimum absolute atomic E-state index is 0.0573. The summed E-state index contributed by atoms with van der Waals surface area (Å²) in [5.41, 5.74) is 1.11. The van der Waals surface area contributed by atoms with Gasteiger partial charge in [-0.05, 0) is 24.8 Å². The number of piperidine rings is 1. The molecule has 1 amide bonds. The largest absolute Gasteiger partial charge is 0.341 e. The van der Waals surface area contributed by atoms with Crippen LogP contribution < -0.4 is 0 Å². The quantitative estimate of drug-likeness (QED) is 0.485. The summed E-state index contributed by atoms with van der Waals surface area (Å²) in [4.78, 5) is 23.8. The van der Waals surface area contributed by atoms with Gasteiger partial charge in [-0.15, -0.1) is 0 Å². The van der Waals surface area contributed by atoms with Gasteiger partial charge in [0.05, 0.1) is 9.75 Å². The van der Waals surface area contributed by atoms with Gasteiger partial charge in [-0.1, -0.05) is 28.1 Å². The summed E-state index contributed by atoms with van der Waals surface area (Å²) in [5.74, 6) is 0.146. The van der Waals surface area contributed by atoms with Crippen LogP contribution in [0.25, 0.3) is 0 Å². The first-order valence-corrected chi connectivity index (χ1v) is 7.15. The first kappa shape index (κ1) is 14.0. The Kier molecular flexibility index (Phi) is 4.52. The minimum atomic E-state index is -0.409. The molecule has 0 N–H and O–H groups in total. The zero-order valence-corrected chi connectivity index (χ0v) is 12.0. The molecular formula is C13H15BrN2O3. The summed E-state index contributed by atoms with van der Waals surface area (Å²) in [6.45, 7) is 1.46. The lowest BCUT2D eigenvalue weighted by Gasteiger charge is -2.29. The highest BCUT2D eigenvalue weighted by molar-refractivity contribution is 9.10. The van der Waals surface area contributed by atoms with E-state index in [0.29, 0.717) is 6.54 Å². The molecule has 1 unspecified atom stereocenters. The van der Waals surface area contributed by atoms with E-state index in [1.807, 2.05) is 4.90 Å². The summed E-state index contributed by atoms with van der Waals surface area (Å²) < 4.78 is 0. The molecular weight excluding hydrogens is 312 g/mol. The van der Waals surface area contributed by atoms with Crippen molar-refractivity contribution in [3.63, 3.8) is 0 Å². The number of nitro groups is 1. The SMILES string of the molecule is O=C1C(Br)CCCN1CCc1ccc([N+](=O)[O-])cc1. The fraction of sp³-hybridized carbons (Fsp3) is 0.462. The van der Waals surface area contributed by atoms with E-state index in [4.69, 9.17) is 0 Å². The van der Waals surface area contributed by atoms with Crippen molar-refractivity contribution in [3.8, 4) is 0 Å². The Hall–Kier alpha value is -1.43. The predicted molar refractivity (Wildman–Crippen MR) is 75.3 cm³/mol. The lowest BCUT2D eigenvalue weighted by Crippen LogP contribution is -2.42. The summed E-state index contributed by atoms with van der Waals surface area (Å²) in [6.07, 6.45) is 2.64. The molecule has 1 aromatic carbocycles. The Morgan fingerprint density at radius 2 is 2.05 bits per heavy atom. The molecule has 1 aliphatic rings. The van der Waals surface area contributed by atoms with Gasteiger partial charge in [0.15, 0.2) is 0 Å². The van der Waals surface area contributed by atoms with Crippen molar-refractivity contribution in [1.29, 1.82) is 0 Å². The molecule has 5 nitrogen and oxygen atoms in total. The van der Waals surface area contributed by atoms with Crippen LogP contribution in [0.1, 0.15) is 18.4 Å². The van der Waals surface area contributed by atoms with Crippen molar-refractivity contribution in [2.24, 2.45) is 0 Å². The van der Waals surface area contributed by atoms with Gasteiger partial charge in [0, 0.05) is 25.2 Å². The van der Waals surface area contributed by atoms with Gasteiger partial charge in [-0.25, -0.2) is 0 Å². The Labute approximate surface area is 119 Å². The molecule has 1 saturated heterocycles. The Balaban J connectivity index is 1.91. The van der Waals surface area contributed by atoms with Crippen LogP contribution in [0, 0.1) is 10.1 Å². The predicted octanol–water partition coefficient (Wildman–Crippen LogP) is 2.52. The van der Waals surface area contributed by atoms with E-state index in [0.717, 1.165) is 31.4 Å². The highest BCUT2D eigenvalue weighted by atomic mass is 79.9. The van der Waals surface area contributed by atoms with Gasteiger partial charge in [-0.2, -0.15) is 0 Å². The highest BCUT2D eigenvalue weighted by Crippen LogP contribution is 2.19. The molecule has 1 atom stereocenters. The van der Waals surface area contributed by atoms with Crippen LogP contribution in [0.15, 0.2) is 24.3 Å². The average Bonchev–Trinajstić information content (AvgIpc) is 2.41. The second-order valence-corrected chi connectivity index (χ2v) is 5.71. The van der Waals surface area contributed by atoms with Crippen molar-refractivity contribution in [2.75, 3.05) is 13.1 Å². The summed E-state index contributed by atoms with van der Waals surface area (Å²) in [7, 11) is 0. The monoisotopic (exact) mass is 326 g/mol. The number of rotatable bonds is 4. The third-order valence-electron chi connectivity index (χ3n) is 3.28. The van der Waals surface area contributed by atoms with Crippen molar-refractivity contribution in [3.05, 3.63) is 39.9 Å². The molecule has 0 spiro atoms. The molecule has 0 aliphatic carbocycles. The van der Waals surface area contributed by atoms with Gasteiger partial charge in [0.1, 0.15) is 0 Å². The van der Waals surface area contributed by atoms with Gasteiger partial charge in [-0.3, -0.25) is 14.9 Å². The molecule has 102 valence electrons. The number of hydrogen-bond donors (Lipinski definition) is 0. The number of non-ortho nitro benzene ring substituents is 1. The van der Waals surface area contributed by atoms with Crippen molar-refractivity contribution >= 4 is 27.5 Å². The lowest BCUT2D eigenvalue weighted by molar-refractivity contribution is -0.384. The standard InChI is InChI=1S/C13H15BrN2O3/c14-12-2-1-8-15(13(12)17)9-7-10-3-5-11(6-4-10)16(18)19/h3-6,12H,1-2,7-9H2. The molecule has 0 radical (unpaired) electrons. The minimum Gasteiger partial charge on any atom is -0.341 e. The molecule has 1 aliphatic heterocycles. The smallest absolute Gasteiger partial charge is 0.269 e. The van der Waals surface area contributed by atoms with Crippen LogP contribution in [0.5, 0.6) is 0 Å². The first-order valence-electron chi connectivity index (χ1n) is 6.24. The zero-order chi connectivity index (χ0) is 13.8. The maximum atomic E-state index is 11.9. The molecule has 6 heteroatoms. The number of benzene rings is 1. The van der Waals surface area contributed by atoms with Gasteiger partial charge >= 0.3 is 0 Å². The maximum Gasteiger partial charge on any atom is 0.269 e. The number of nitrogens with zero attached hydrogens (tertiary/aromatic N) is 2. The number of carbonyl (C=O) groups excluding carboxylic acids is 1. The van der Waals surface area contributed by atoms with Crippen LogP contribution in [-0.2, 0) is 11.2 Å². The maximum absolute atomic E-state index is 11.9. The molecule has 19 heavy (non-hydrogen) atoms. The lowest BCUT2D eigenvalue weighted by atomic mass is 10.1. The number of alkyl halides is 1. The van der Waals surface area contributed by atoms with Crippen LogP contribution in [-0.4, -0.2) is 33.6 Å². The Morgan fingerprint density at radius 1 is 1.37 bits per heavy atom. The van der Waals surface area contributed by atoms with E-state index >= 15 is 0 Å². The number of halogens is 1. The number of hydrogen-bond acceptors (Lipinski definition) is 3. The Morgan fingerprint density at radius 3 is 2.68 bits per heavy atom. The average molecular weight is 327 g/mol. The zero-order valence-electron chi connectivity index (χ0n) is 10.4. The summed E-state index contributed by atoms with van der Waals surface area (Å²) >= 11 is 3.38. The van der Waals surface area contributed by atoms with Crippen LogP contribution in [0.3, 0.4) is 0 Å². The third kappa shape index (κ3) is 3.53. The molecule has 0 bridgehead atoms. The van der Waals surface area contributed by atoms with Crippen molar-refractivity contribution in [2.45, 2.75) is 24.1 Å². The molecule has 1 aromatic rings. The van der Waals surface area contributed by atoms with E-state index < -0.39 is 4.92 Å². The first-order chi connectivity index (χ1) is 9.08. The third-order valence-corrected chi connectivity index (χ3v) is 4.13. The molecule has 1 fully saturated rings. The fourth-order valence-electron chi connectivity index (χ4n) is 2.16. The van der Waals surface area contributed by atoms with Crippen LogP contribution in [0.2, 0.25) is 0 Å². The van der Waals surface area contributed by atoms with E-state index in [1.54, 1.807) is 12.1 Å². The van der Waals surface area contributed by atoms with E-state index in [2.05, 4.69) is 15.9 Å². The number of carbonyl (C=O) groups is 1. The van der Waals surface area contributed by atoms with E-state index in [9.17, 15) is 14.9 Å². The Bertz CT molecular complexity index is 475. The number of likely N-dealkylation sites (tertiary alicyclic amines) is 1. The molecule has 2 rings (SSSR count). The van der Waals surface area contributed by atoms with Crippen molar-refractivity contribution in [1.82, 2.24) is 4.90 Å². The highest BCUT2D eigenvalue weighted by Gasteiger charge is 2.25. The fourth-order valence-corrected chi connectivity index (χ4v) is 2.78. The molecule has 1 heterocycles. The van der Waals surface area contributed by atoms with E-state index in [1.165, 1.54) is 12.1 Å². The summed E-state index contributed by atoms with van der Waals surface area (Å²) in [6, 6.07) is 6.50. The van der Waals surface area contributed by atoms with Gasteiger partial charge in [0.25, 0.3) is 5.69 Å². The van der Waals surface area contributed by atoms with Crippen molar-refractivity contribution < 1.29 is 9.72 Å². The molecule has 0 saturated carbocycles. The molecule has 0 aromatic heterocycles. The van der Waals surface area contributed by atoms with Crippen LogP contribution in [0.4, 0.5) is 5.69 Å². The topological polar surface area (TPSA) is 63.5 Å². The number of nitro benzene ring substituents is 1. The second-order valence-electron chi connectivity index (χ2n) is 4.61. The van der Waals surface area contributed by atoms with Crippen LogP contribution >= 0.6 is 15.9 Å². The normalized spacial score (nSPS) is 19.5. The van der Waals surface area contributed by atoms with Gasteiger partial charge < -0.3 is 4.90 Å². The second kappa shape index (κ2) is 6.14. The summed E-state index contributed by atoms with van der Waals surface area (Å²) in [5, 5.41) is 10.5. The number of amides is 1.